The van der Waals surface area contributed by atoms with Crippen molar-refractivity contribution in [3.63, 3.8) is 0 Å². The van der Waals surface area contributed by atoms with E-state index in [2.05, 4.69) is 5.32 Å². The molecule has 2 aromatic carbocycles. The van der Waals surface area contributed by atoms with Crippen molar-refractivity contribution in [3.05, 3.63) is 54.6 Å². The monoisotopic (exact) mass is 320 g/mol. The van der Waals surface area contributed by atoms with Crippen molar-refractivity contribution < 1.29 is 14.3 Å². The second-order valence-corrected chi connectivity index (χ2v) is 5.67. The topological polar surface area (TPSA) is 79.2 Å². The van der Waals surface area contributed by atoms with Crippen LogP contribution in [-0.4, -0.2) is 11.7 Å². The van der Waals surface area contributed by atoms with Gasteiger partial charge in [-0.05, 0) is 49.2 Å². The molecule has 24 heavy (non-hydrogen) atoms. The molecule has 1 unspecified atom stereocenters. The second-order valence-electron chi connectivity index (χ2n) is 5.67. The Labute approximate surface area is 139 Å². The van der Waals surface area contributed by atoms with Gasteiger partial charge in [0, 0.05) is 11.6 Å². The fourth-order valence-electron chi connectivity index (χ4n) is 2.30. The highest BCUT2D eigenvalue weighted by atomic mass is 16.5. The lowest BCUT2D eigenvalue weighted by molar-refractivity contribution is -0.129. The minimum atomic E-state index is -1.24. The van der Waals surface area contributed by atoms with Gasteiger partial charge >= 0.3 is 0 Å². The van der Waals surface area contributed by atoms with Crippen LogP contribution in [0.5, 0.6) is 11.5 Å². The van der Waals surface area contributed by atoms with Crippen LogP contribution in [0.25, 0.3) is 0 Å². The Morgan fingerprint density at radius 3 is 2.25 bits per heavy atom. The number of hydrogen-bond donors (Lipinski definition) is 1. The molecule has 5 nitrogen and oxygen atoms in total. The molecule has 0 radical (unpaired) electrons. The van der Waals surface area contributed by atoms with Gasteiger partial charge in [0.25, 0.3) is 0 Å². The maximum Gasteiger partial charge on any atom is 0.249 e. The molecule has 0 aliphatic heterocycles. The number of anilines is 1. The molecular weight excluding hydrogens is 304 g/mol. The lowest BCUT2D eigenvalue weighted by Crippen LogP contribution is -2.29. The SMILES string of the molecule is N#CC(C(=O)Nc1ccc(Oc2ccccc2)cc1)C(=O)C1CC1. The Bertz CT molecular complexity index is 775. The first kappa shape index (κ1) is 15.8. The number of nitriles is 1. The molecular formula is C19H16N2O3. The van der Waals surface area contributed by atoms with E-state index in [1.165, 1.54) is 0 Å². The molecule has 5 heteroatoms. The zero-order chi connectivity index (χ0) is 16.9. The van der Waals surface area contributed by atoms with Gasteiger partial charge in [0.15, 0.2) is 11.7 Å². The number of para-hydroxylation sites is 1. The van der Waals surface area contributed by atoms with Gasteiger partial charge in [0.1, 0.15) is 11.5 Å². The van der Waals surface area contributed by atoms with Crippen molar-refractivity contribution in [3.8, 4) is 17.6 Å². The van der Waals surface area contributed by atoms with E-state index in [0.29, 0.717) is 17.2 Å². The number of rotatable bonds is 6. The summed E-state index contributed by atoms with van der Waals surface area (Å²) in [5.41, 5.74) is 0.518. The van der Waals surface area contributed by atoms with E-state index in [4.69, 9.17) is 10.00 Å². The highest BCUT2D eigenvalue weighted by Gasteiger charge is 2.38. The Balaban J connectivity index is 1.62. The number of Topliss-reactive ketones (excluding diaryl/α,β-unsaturated/α-hetero) is 1. The van der Waals surface area contributed by atoms with E-state index >= 15 is 0 Å². The van der Waals surface area contributed by atoms with Gasteiger partial charge in [-0.1, -0.05) is 18.2 Å². The van der Waals surface area contributed by atoms with E-state index in [-0.39, 0.29) is 11.7 Å². The van der Waals surface area contributed by atoms with Crippen LogP contribution in [0.15, 0.2) is 54.6 Å². The van der Waals surface area contributed by atoms with Crippen molar-refractivity contribution in [2.45, 2.75) is 12.8 Å². The normalized spacial score (nSPS) is 14.3. The van der Waals surface area contributed by atoms with Crippen LogP contribution in [0, 0.1) is 23.2 Å². The Morgan fingerprint density at radius 2 is 1.67 bits per heavy atom. The minimum absolute atomic E-state index is 0.123. The van der Waals surface area contributed by atoms with Gasteiger partial charge in [0.2, 0.25) is 5.91 Å². The van der Waals surface area contributed by atoms with Crippen LogP contribution in [-0.2, 0) is 9.59 Å². The molecule has 0 saturated heterocycles. The fraction of sp³-hybridized carbons (Fsp3) is 0.211. The Morgan fingerprint density at radius 1 is 1.04 bits per heavy atom. The Kier molecular flexibility index (Phi) is 4.57. The van der Waals surface area contributed by atoms with Gasteiger partial charge < -0.3 is 10.1 Å². The molecule has 1 atom stereocenters. The van der Waals surface area contributed by atoms with E-state index in [1.807, 2.05) is 30.3 Å². The first-order chi connectivity index (χ1) is 11.7. The summed E-state index contributed by atoms with van der Waals surface area (Å²) in [4.78, 5) is 24.0. The lowest BCUT2D eigenvalue weighted by atomic mass is 10.0. The minimum Gasteiger partial charge on any atom is -0.457 e. The average Bonchev–Trinajstić information content (AvgIpc) is 3.43. The van der Waals surface area contributed by atoms with Crippen LogP contribution in [0.3, 0.4) is 0 Å². The third-order valence-electron chi connectivity index (χ3n) is 3.76. The summed E-state index contributed by atoms with van der Waals surface area (Å²) < 4.78 is 5.67. The zero-order valence-corrected chi connectivity index (χ0v) is 12.9. The summed E-state index contributed by atoms with van der Waals surface area (Å²) in [6.45, 7) is 0. The van der Waals surface area contributed by atoms with Crippen LogP contribution in [0.4, 0.5) is 5.69 Å². The van der Waals surface area contributed by atoms with Crippen LogP contribution in [0.2, 0.25) is 0 Å². The van der Waals surface area contributed by atoms with Crippen molar-refractivity contribution >= 4 is 17.4 Å². The van der Waals surface area contributed by atoms with Crippen molar-refractivity contribution in [1.82, 2.24) is 0 Å². The highest BCUT2D eigenvalue weighted by molar-refractivity contribution is 6.10. The molecule has 0 aromatic heterocycles. The maximum atomic E-state index is 12.1. The Hall–Kier alpha value is -3.13. The number of benzene rings is 2. The standard InChI is InChI=1S/C19H16N2O3/c20-12-17(18(22)13-6-7-13)19(23)21-14-8-10-16(11-9-14)24-15-4-2-1-3-5-15/h1-5,8-11,13,17H,6-7H2,(H,21,23). The third-order valence-corrected chi connectivity index (χ3v) is 3.76. The van der Waals surface area contributed by atoms with Gasteiger partial charge in [-0.2, -0.15) is 5.26 Å². The van der Waals surface area contributed by atoms with E-state index < -0.39 is 11.8 Å². The molecule has 1 aliphatic carbocycles. The first-order valence-electron chi connectivity index (χ1n) is 7.74. The molecule has 1 fully saturated rings. The van der Waals surface area contributed by atoms with E-state index in [1.54, 1.807) is 30.3 Å². The van der Waals surface area contributed by atoms with Crippen molar-refractivity contribution in [2.75, 3.05) is 5.32 Å². The van der Waals surface area contributed by atoms with Crippen molar-refractivity contribution in [2.24, 2.45) is 11.8 Å². The molecule has 0 spiro atoms. The molecule has 120 valence electrons. The summed E-state index contributed by atoms with van der Waals surface area (Å²) >= 11 is 0. The number of amides is 1. The summed E-state index contributed by atoms with van der Waals surface area (Å²) in [5.74, 6) is -0.871. The van der Waals surface area contributed by atoms with Gasteiger partial charge in [-0.3, -0.25) is 9.59 Å². The van der Waals surface area contributed by atoms with Crippen LogP contribution < -0.4 is 10.1 Å². The van der Waals surface area contributed by atoms with E-state index in [9.17, 15) is 9.59 Å². The summed E-state index contributed by atoms with van der Waals surface area (Å²) in [6, 6.07) is 17.9. The zero-order valence-electron chi connectivity index (χ0n) is 12.9. The lowest BCUT2D eigenvalue weighted by Gasteiger charge is -2.10. The smallest absolute Gasteiger partial charge is 0.249 e. The number of carbonyl (C=O) groups is 2. The molecule has 1 N–H and O–H groups in total. The summed E-state index contributed by atoms with van der Waals surface area (Å²) in [7, 11) is 0. The van der Waals surface area contributed by atoms with Crippen molar-refractivity contribution in [1.29, 1.82) is 5.26 Å². The number of hydrogen-bond acceptors (Lipinski definition) is 4. The maximum absolute atomic E-state index is 12.1. The van der Waals surface area contributed by atoms with Gasteiger partial charge in [-0.15, -0.1) is 0 Å². The quantitative estimate of drug-likeness (QED) is 0.826. The number of nitrogens with one attached hydrogen (secondary N) is 1. The van der Waals surface area contributed by atoms with Gasteiger partial charge in [0.05, 0.1) is 6.07 Å². The average molecular weight is 320 g/mol. The fourth-order valence-corrected chi connectivity index (χ4v) is 2.30. The predicted octanol–water partition coefficient (Wildman–Crippen LogP) is 3.54. The molecule has 0 heterocycles. The molecule has 2 aromatic rings. The van der Waals surface area contributed by atoms with E-state index in [0.717, 1.165) is 12.8 Å². The second kappa shape index (κ2) is 6.97. The van der Waals surface area contributed by atoms with Gasteiger partial charge in [-0.25, -0.2) is 0 Å². The molecule has 1 saturated carbocycles. The van der Waals surface area contributed by atoms with Crippen LogP contribution >= 0.6 is 0 Å². The molecule has 0 bridgehead atoms. The predicted molar refractivity (Wildman–Crippen MR) is 88.4 cm³/mol. The molecule has 1 aliphatic rings. The highest BCUT2D eigenvalue weighted by Crippen LogP contribution is 2.32. The first-order valence-corrected chi connectivity index (χ1v) is 7.74. The third kappa shape index (κ3) is 3.79. The number of carbonyl (C=O) groups excluding carboxylic acids is 2. The summed E-state index contributed by atoms with van der Waals surface area (Å²) in [6.07, 6.45) is 1.55. The summed E-state index contributed by atoms with van der Waals surface area (Å²) in [5, 5.41) is 11.7. The van der Waals surface area contributed by atoms with Crippen LogP contribution in [0.1, 0.15) is 12.8 Å². The number of ether oxygens (including phenoxy) is 1. The number of nitrogens with zero attached hydrogens (tertiary/aromatic N) is 1. The molecule has 1 amide bonds. The largest absolute Gasteiger partial charge is 0.457 e. The molecule has 3 rings (SSSR count). The number of ketones is 1.